The number of carbonyl (C=O) groups excluding carboxylic acids is 2. The summed E-state index contributed by atoms with van der Waals surface area (Å²) < 4.78 is 36.5. The summed E-state index contributed by atoms with van der Waals surface area (Å²) >= 11 is 0. The Morgan fingerprint density at radius 2 is 1.43 bits per heavy atom. The van der Waals surface area contributed by atoms with Crippen LogP contribution in [-0.4, -0.2) is 124 Å². The zero-order valence-electron chi connectivity index (χ0n) is 29.2. The van der Waals surface area contributed by atoms with Gasteiger partial charge in [0, 0.05) is 13.3 Å². The van der Waals surface area contributed by atoms with Gasteiger partial charge in [-0.15, -0.1) is 0 Å². The number of aliphatic hydroxyl groups is 4. The number of carbonyl (C=O) groups is 2. The Bertz CT molecular complexity index is 987. The number of hydrogen-bond acceptors (Lipinski definition) is 12. The molecule has 0 spiro atoms. The fourth-order valence-corrected chi connectivity index (χ4v) is 6.10. The quantitative estimate of drug-likeness (QED) is 0.122. The molecule has 3 aliphatic rings. The molecule has 0 aliphatic carbocycles. The van der Waals surface area contributed by atoms with Crippen LogP contribution in [0.2, 0.25) is 0 Å². The van der Waals surface area contributed by atoms with Crippen molar-refractivity contribution in [3.8, 4) is 0 Å². The van der Waals surface area contributed by atoms with Crippen LogP contribution < -0.4 is 10.6 Å². The molecule has 274 valence electrons. The van der Waals surface area contributed by atoms with E-state index in [0.717, 1.165) is 25.7 Å². The van der Waals surface area contributed by atoms with Gasteiger partial charge in [-0.3, -0.25) is 9.59 Å². The Morgan fingerprint density at radius 3 is 1.91 bits per heavy atom. The molecule has 47 heavy (non-hydrogen) atoms. The third-order valence-electron chi connectivity index (χ3n) is 9.76. The van der Waals surface area contributed by atoms with Gasteiger partial charge in [0.2, 0.25) is 5.91 Å². The molecule has 3 aliphatic heterocycles. The van der Waals surface area contributed by atoms with Gasteiger partial charge >= 0.3 is 0 Å². The second-order valence-corrected chi connectivity index (χ2v) is 13.6. The van der Waals surface area contributed by atoms with Crippen molar-refractivity contribution in [2.45, 2.75) is 185 Å². The smallest absolute Gasteiger partial charge is 0.254 e. The average Bonchev–Trinajstić information content (AvgIpc) is 3.02. The van der Waals surface area contributed by atoms with Gasteiger partial charge in [-0.05, 0) is 39.5 Å². The molecule has 0 aromatic heterocycles. The van der Waals surface area contributed by atoms with Gasteiger partial charge in [-0.1, -0.05) is 53.4 Å². The van der Waals surface area contributed by atoms with E-state index in [1.807, 2.05) is 27.7 Å². The van der Waals surface area contributed by atoms with Crippen molar-refractivity contribution in [2.24, 2.45) is 0 Å². The summed E-state index contributed by atoms with van der Waals surface area (Å²) in [6.07, 6.45) is -6.70. The zero-order chi connectivity index (χ0) is 34.9. The van der Waals surface area contributed by atoms with Crippen molar-refractivity contribution >= 4 is 11.8 Å². The Morgan fingerprint density at radius 1 is 0.830 bits per heavy atom. The molecule has 6 N–H and O–H groups in total. The number of rotatable bonds is 18. The summed E-state index contributed by atoms with van der Waals surface area (Å²) in [6.45, 7) is 13.0. The maximum absolute atomic E-state index is 13.6. The molecule has 0 saturated carbocycles. The van der Waals surface area contributed by atoms with Crippen LogP contribution in [-0.2, 0) is 38.0 Å². The summed E-state index contributed by atoms with van der Waals surface area (Å²) in [7, 11) is 0. The standard InChI is InChI=1S/C33H60N2O12/c1-8-12-15-32(6,10-3)46-27-24(39)25(40)31(45-28(27)29(41)35-21-14-17-42-21)44-26-22(34-19(5)37)30(43-20(18-36)23(26)38)47-33(7,11-4)16-13-9-2/h20-28,30-31,36,38-40H,8-18H2,1-7H3,(H,34,37)(H,35,41). The van der Waals surface area contributed by atoms with Gasteiger partial charge < -0.3 is 59.5 Å². The summed E-state index contributed by atoms with van der Waals surface area (Å²) in [5.74, 6) is -1.09. The van der Waals surface area contributed by atoms with Crippen molar-refractivity contribution in [1.29, 1.82) is 0 Å². The van der Waals surface area contributed by atoms with Crippen LogP contribution in [0.4, 0.5) is 0 Å². The van der Waals surface area contributed by atoms with Gasteiger partial charge in [-0.2, -0.15) is 0 Å². The summed E-state index contributed by atoms with van der Waals surface area (Å²) in [5.41, 5.74) is -1.39. The molecule has 0 aromatic rings. The Balaban J connectivity index is 1.94. The van der Waals surface area contributed by atoms with Gasteiger partial charge in [0.1, 0.15) is 48.9 Å². The molecule has 0 aromatic carbocycles. The largest absolute Gasteiger partial charge is 0.394 e. The van der Waals surface area contributed by atoms with E-state index in [-0.39, 0.29) is 0 Å². The first-order valence-electron chi connectivity index (χ1n) is 17.4. The van der Waals surface area contributed by atoms with Gasteiger partial charge in [0.15, 0.2) is 18.7 Å². The zero-order valence-corrected chi connectivity index (χ0v) is 29.2. The minimum absolute atomic E-state index is 0.468. The Hall–Kier alpha value is -1.46. The normalized spacial score (nSPS) is 36.9. The molecule has 14 nitrogen and oxygen atoms in total. The number of unbranched alkanes of at least 4 members (excludes halogenated alkanes) is 2. The molecule has 3 saturated heterocycles. The van der Waals surface area contributed by atoms with Crippen LogP contribution >= 0.6 is 0 Å². The molecule has 0 bridgehead atoms. The van der Waals surface area contributed by atoms with E-state index in [2.05, 4.69) is 24.5 Å². The summed E-state index contributed by atoms with van der Waals surface area (Å²) in [4.78, 5) is 26.0. The fourth-order valence-electron chi connectivity index (χ4n) is 6.10. The van der Waals surface area contributed by atoms with Crippen LogP contribution in [0, 0.1) is 0 Å². The maximum atomic E-state index is 13.6. The highest BCUT2D eigenvalue weighted by Gasteiger charge is 2.55. The molecule has 2 amide bonds. The van der Waals surface area contributed by atoms with Gasteiger partial charge in [-0.25, -0.2) is 0 Å². The van der Waals surface area contributed by atoms with Crippen LogP contribution in [0.15, 0.2) is 0 Å². The number of ether oxygens (including phenoxy) is 6. The molecule has 13 unspecified atom stereocenters. The first kappa shape index (κ1) is 40.0. The van der Waals surface area contributed by atoms with Gasteiger partial charge in [0.25, 0.3) is 5.91 Å². The van der Waals surface area contributed by atoms with E-state index in [4.69, 9.17) is 28.4 Å². The SMILES string of the molecule is CCCCC(C)(CC)OC1OC(CO)C(O)C(OC2OC(C(=O)NC3CCO3)C(OC(C)(CC)CCCC)C(O)C2O)C1NC(C)=O. The molecular formula is C33H60N2O12. The molecular weight excluding hydrogens is 616 g/mol. The monoisotopic (exact) mass is 676 g/mol. The summed E-state index contributed by atoms with van der Waals surface area (Å²) in [5, 5.41) is 49.8. The third kappa shape index (κ3) is 10.3. The van der Waals surface area contributed by atoms with Crippen molar-refractivity contribution in [3.05, 3.63) is 0 Å². The minimum Gasteiger partial charge on any atom is -0.394 e. The first-order chi connectivity index (χ1) is 22.2. The van der Waals surface area contributed by atoms with E-state index >= 15 is 0 Å². The molecule has 3 fully saturated rings. The first-order valence-corrected chi connectivity index (χ1v) is 17.4. The lowest BCUT2D eigenvalue weighted by Crippen LogP contribution is -2.69. The predicted octanol–water partition coefficient (Wildman–Crippen LogP) is 1.38. The average molecular weight is 677 g/mol. The van der Waals surface area contributed by atoms with E-state index in [9.17, 15) is 30.0 Å². The molecule has 3 rings (SSSR count). The lowest BCUT2D eigenvalue weighted by Gasteiger charge is -2.50. The second kappa shape index (κ2) is 18.0. The molecule has 0 radical (unpaired) electrons. The molecule has 14 heteroatoms. The third-order valence-corrected chi connectivity index (χ3v) is 9.76. The number of amides is 2. The van der Waals surface area contributed by atoms with E-state index < -0.39 is 97.2 Å². The number of nitrogens with one attached hydrogen (secondary N) is 2. The highest BCUT2D eigenvalue weighted by Crippen LogP contribution is 2.36. The highest BCUT2D eigenvalue weighted by atomic mass is 16.7. The Labute approximate surface area is 279 Å². The van der Waals surface area contributed by atoms with Crippen molar-refractivity contribution in [1.82, 2.24) is 10.6 Å². The van der Waals surface area contributed by atoms with Crippen molar-refractivity contribution in [2.75, 3.05) is 13.2 Å². The van der Waals surface area contributed by atoms with Gasteiger partial charge in [0.05, 0.1) is 24.4 Å². The number of aliphatic hydroxyl groups excluding tert-OH is 4. The second-order valence-electron chi connectivity index (χ2n) is 13.6. The molecule has 3 heterocycles. The Kier molecular flexibility index (Phi) is 15.3. The minimum atomic E-state index is -1.72. The lowest BCUT2D eigenvalue weighted by atomic mass is 9.92. The van der Waals surface area contributed by atoms with Crippen molar-refractivity contribution < 1.29 is 58.4 Å². The van der Waals surface area contributed by atoms with E-state index in [1.165, 1.54) is 6.92 Å². The fraction of sp³-hybridized carbons (Fsp3) is 0.939. The lowest BCUT2D eigenvalue weighted by molar-refractivity contribution is -0.353. The van der Waals surface area contributed by atoms with Crippen LogP contribution in [0.3, 0.4) is 0 Å². The van der Waals surface area contributed by atoms with Crippen LogP contribution in [0.5, 0.6) is 0 Å². The van der Waals surface area contributed by atoms with Crippen LogP contribution in [0.1, 0.15) is 106 Å². The van der Waals surface area contributed by atoms with Crippen LogP contribution in [0.25, 0.3) is 0 Å². The van der Waals surface area contributed by atoms with E-state index in [1.54, 1.807) is 0 Å². The predicted molar refractivity (Wildman–Crippen MR) is 170 cm³/mol. The van der Waals surface area contributed by atoms with Crippen molar-refractivity contribution in [3.63, 3.8) is 0 Å². The van der Waals surface area contributed by atoms with E-state index in [0.29, 0.717) is 38.7 Å². The maximum Gasteiger partial charge on any atom is 0.254 e. The molecule has 13 atom stereocenters. The topological polar surface area (TPSA) is 194 Å². The highest BCUT2D eigenvalue weighted by molar-refractivity contribution is 5.82. The summed E-state index contributed by atoms with van der Waals surface area (Å²) in [6, 6.07) is -1.12. The number of hydrogen-bond donors (Lipinski definition) is 6.